The van der Waals surface area contributed by atoms with Crippen molar-refractivity contribution in [3.63, 3.8) is 0 Å². The second-order valence-corrected chi connectivity index (χ2v) is 19.4. The third-order valence-electron chi connectivity index (χ3n) is 9.96. The number of aliphatic hydroxyl groups is 3. The minimum Gasteiger partial charge on any atom is -0.463 e. The average Bonchev–Trinajstić information content (AvgIpc) is 3.29. The molecule has 5 atom stereocenters. The first-order valence-corrected chi connectivity index (χ1v) is 27.6. The average molecular weight is 979 g/mol. The Labute approximate surface area is 397 Å². The SMILES string of the molecule is CCCCC/C=C\C/C=C\C/C=C\CCCCCCCCCCC(=O)OCC(O)COP(=O)(O)OCC(O)COP(=O)(O)OCC(O)COC(=O)CC/C=C/C/C=C\CCCCCCCC. The monoisotopic (exact) mass is 979 g/mol. The van der Waals surface area contributed by atoms with Gasteiger partial charge in [-0.25, -0.2) is 9.13 Å². The Hall–Kier alpha value is -2.26. The van der Waals surface area contributed by atoms with Crippen molar-refractivity contribution in [3.05, 3.63) is 60.8 Å². The first kappa shape index (κ1) is 63.7. The number of carbonyl (C=O) groups excluding carboxylic acids is 2. The van der Waals surface area contributed by atoms with Crippen molar-refractivity contribution in [2.24, 2.45) is 0 Å². The Morgan fingerprint density at radius 3 is 1.09 bits per heavy atom. The summed E-state index contributed by atoms with van der Waals surface area (Å²) in [4.78, 5) is 43.7. The van der Waals surface area contributed by atoms with Crippen LogP contribution in [0.5, 0.6) is 0 Å². The van der Waals surface area contributed by atoms with E-state index in [1.807, 2.05) is 12.2 Å². The molecule has 0 rings (SSSR count). The lowest BCUT2D eigenvalue weighted by molar-refractivity contribution is -0.148. The third-order valence-corrected chi connectivity index (χ3v) is 11.9. The van der Waals surface area contributed by atoms with Crippen LogP contribution in [0.4, 0.5) is 0 Å². The molecule has 0 aromatic heterocycles. The summed E-state index contributed by atoms with van der Waals surface area (Å²) in [5.41, 5.74) is 0. The number of unbranched alkanes of at least 4 members (excludes halogenated alkanes) is 17. The van der Waals surface area contributed by atoms with Gasteiger partial charge in [-0.05, 0) is 70.6 Å². The summed E-state index contributed by atoms with van der Waals surface area (Å²) in [6.07, 6.45) is 43.7. The zero-order valence-electron chi connectivity index (χ0n) is 40.3. The summed E-state index contributed by atoms with van der Waals surface area (Å²) in [5, 5.41) is 30.0. The van der Waals surface area contributed by atoms with Crippen LogP contribution < -0.4 is 0 Å². The zero-order valence-corrected chi connectivity index (χ0v) is 42.1. The molecule has 0 fully saturated rings. The van der Waals surface area contributed by atoms with Crippen LogP contribution >= 0.6 is 15.6 Å². The highest BCUT2D eigenvalue weighted by molar-refractivity contribution is 7.47. The zero-order chi connectivity index (χ0) is 48.8. The summed E-state index contributed by atoms with van der Waals surface area (Å²) in [5.74, 6) is -1.07. The highest BCUT2D eigenvalue weighted by Gasteiger charge is 2.28. The molecule has 0 aromatic carbocycles. The van der Waals surface area contributed by atoms with Crippen LogP contribution in [0.3, 0.4) is 0 Å². The van der Waals surface area contributed by atoms with Gasteiger partial charge in [-0.15, -0.1) is 0 Å². The van der Waals surface area contributed by atoms with Crippen LogP contribution in [-0.2, 0) is 46.3 Å². The van der Waals surface area contributed by atoms with E-state index in [-0.39, 0.29) is 12.8 Å². The second kappa shape index (κ2) is 45.2. The molecule has 0 aromatic rings. The Bertz CT molecular complexity index is 1420. The minimum atomic E-state index is -4.80. The number of allylic oxidation sites excluding steroid dienone is 10. The fourth-order valence-electron chi connectivity index (χ4n) is 6.09. The Morgan fingerprint density at radius 2 is 0.682 bits per heavy atom. The number of aliphatic hydroxyl groups excluding tert-OH is 3. The summed E-state index contributed by atoms with van der Waals surface area (Å²) in [6.45, 7) is 0.301. The molecule has 5 unspecified atom stereocenters. The van der Waals surface area contributed by atoms with Crippen molar-refractivity contribution in [2.75, 3.05) is 39.6 Å². The number of ether oxygens (including phenoxy) is 2. The van der Waals surface area contributed by atoms with Gasteiger partial charge in [0.05, 0.1) is 26.4 Å². The van der Waals surface area contributed by atoms with Crippen molar-refractivity contribution in [1.29, 1.82) is 0 Å². The van der Waals surface area contributed by atoms with E-state index in [4.69, 9.17) is 9.47 Å². The fourth-order valence-corrected chi connectivity index (χ4v) is 7.69. The first-order valence-electron chi connectivity index (χ1n) is 24.6. The van der Waals surface area contributed by atoms with Crippen molar-refractivity contribution in [1.82, 2.24) is 0 Å². The Balaban J connectivity index is 3.91. The van der Waals surface area contributed by atoms with Crippen molar-refractivity contribution < 1.29 is 71.4 Å². The van der Waals surface area contributed by atoms with Gasteiger partial charge in [-0.1, -0.05) is 158 Å². The quantitative estimate of drug-likeness (QED) is 0.0165. The molecule has 0 saturated heterocycles. The van der Waals surface area contributed by atoms with Gasteiger partial charge in [0.2, 0.25) is 0 Å². The molecule has 384 valence electrons. The minimum absolute atomic E-state index is 0.0894. The Kier molecular flexibility index (Phi) is 43.7. The van der Waals surface area contributed by atoms with E-state index >= 15 is 0 Å². The summed E-state index contributed by atoms with van der Waals surface area (Å²) in [6, 6.07) is 0. The molecule has 0 aliphatic heterocycles. The number of esters is 2. The van der Waals surface area contributed by atoms with Gasteiger partial charge in [0.1, 0.15) is 31.5 Å². The van der Waals surface area contributed by atoms with Crippen LogP contribution in [0, 0.1) is 0 Å². The number of phosphoric acid groups is 2. The van der Waals surface area contributed by atoms with Gasteiger partial charge in [0, 0.05) is 12.8 Å². The molecule has 5 N–H and O–H groups in total. The van der Waals surface area contributed by atoms with Crippen LogP contribution in [0.2, 0.25) is 0 Å². The number of phosphoric ester groups is 2. The molecule has 15 nitrogen and oxygen atoms in total. The number of carbonyl (C=O) groups is 2. The molecule has 0 saturated carbocycles. The van der Waals surface area contributed by atoms with Crippen LogP contribution in [0.15, 0.2) is 60.8 Å². The molecule has 0 aliphatic carbocycles. The van der Waals surface area contributed by atoms with Crippen molar-refractivity contribution >= 4 is 27.6 Å². The molecule has 0 aliphatic rings. The molecular formula is C49H88O15P2. The van der Waals surface area contributed by atoms with Gasteiger partial charge in [-0.2, -0.15) is 0 Å². The van der Waals surface area contributed by atoms with E-state index in [1.165, 1.54) is 83.5 Å². The van der Waals surface area contributed by atoms with E-state index in [2.05, 4.69) is 80.6 Å². The van der Waals surface area contributed by atoms with Crippen molar-refractivity contribution in [2.45, 2.75) is 199 Å². The van der Waals surface area contributed by atoms with Crippen LogP contribution in [0.1, 0.15) is 181 Å². The van der Waals surface area contributed by atoms with E-state index in [0.717, 1.165) is 57.8 Å². The lowest BCUT2D eigenvalue weighted by atomic mass is 10.1. The largest absolute Gasteiger partial charge is 0.472 e. The number of rotatable bonds is 47. The van der Waals surface area contributed by atoms with E-state index < -0.39 is 85.5 Å². The van der Waals surface area contributed by atoms with E-state index in [9.17, 15) is 43.8 Å². The van der Waals surface area contributed by atoms with Gasteiger partial charge >= 0.3 is 27.6 Å². The lowest BCUT2D eigenvalue weighted by Crippen LogP contribution is -2.25. The van der Waals surface area contributed by atoms with Gasteiger partial charge in [-0.3, -0.25) is 27.7 Å². The topological polar surface area (TPSA) is 225 Å². The van der Waals surface area contributed by atoms with Gasteiger partial charge < -0.3 is 34.6 Å². The maximum absolute atomic E-state index is 12.2. The third kappa shape index (κ3) is 46.8. The standard InChI is InChI=1S/C49H88O15P2/c1-3-5-7-9-11-13-15-17-18-19-20-21-22-23-24-26-28-30-32-34-36-38-49(54)60-40-46(51)42-62-66(57,58)64-44-47(52)43-63-65(55,56)61-41-45(50)39-59-48(53)37-35-33-31-29-27-25-16-14-12-10-8-6-4-2/h11,13,17-18,20-21,25,27,31,33,45-47,50-52H,3-10,12,14-16,19,22-24,26,28-30,32,34-44H2,1-2H3,(H,55,56)(H,57,58)/b13-11-,18-17-,21-20-,27-25-,33-31+. The second-order valence-electron chi connectivity index (χ2n) is 16.5. The highest BCUT2D eigenvalue weighted by atomic mass is 31.2. The predicted octanol–water partition coefficient (Wildman–Crippen LogP) is 11.4. The van der Waals surface area contributed by atoms with Crippen molar-refractivity contribution in [3.8, 4) is 0 Å². The molecular weight excluding hydrogens is 890 g/mol. The smallest absolute Gasteiger partial charge is 0.463 e. The predicted molar refractivity (Wildman–Crippen MR) is 260 cm³/mol. The molecule has 0 spiro atoms. The number of hydrogen-bond donors (Lipinski definition) is 5. The highest BCUT2D eigenvalue weighted by Crippen LogP contribution is 2.45. The van der Waals surface area contributed by atoms with E-state index in [0.29, 0.717) is 12.8 Å². The molecule has 0 radical (unpaired) electrons. The first-order chi connectivity index (χ1) is 31.8. The summed E-state index contributed by atoms with van der Waals surface area (Å²) in [7, 11) is -9.59. The maximum Gasteiger partial charge on any atom is 0.472 e. The molecule has 17 heteroatoms. The fraction of sp³-hybridized carbons (Fsp3) is 0.755. The Morgan fingerprint density at radius 1 is 0.394 bits per heavy atom. The van der Waals surface area contributed by atoms with Gasteiger partial charge in [0.15, 0.2) is 0 Å². The lowest BCUT2D eigenvalue weighted by Gasteiger charge is -2.19. The summed E-state index contributed by atoms with van der Waals surface area (Å²) < 4.78 is 52.9. The molecule has 66 heavy (non-hydrogen) atoms. The molecule has 0 amide bonds. The van der Waals surface area contributed by atoms with E-state index in [1.54, 1.807) is 0 Å². The van der Waals surface area contributed by atoms with Crippen LogP contribution in [0.25, 0.3) is 0 Å². The maximum atomic E-state index is 12.2. The van der Waals surface area contributed by atoms with Gasteiger partial charge in [0.25, 0.3) is 0 Å². The molecule has 0 bridgehead atoms. The molecule has 0 heterocycles. The number of hydrogen-bond acceptors (Lipinski definition) is 13. The van der Waals surface area contributed by atoms with Crippen LogP contribution in [-0.4, -0.2) is 95.0 Å². The normalized spacial score (nSPS) is 15.6. The summed E-state index contributed by atoms with van der Waals surface area (Å²) >= 11 is 0.